The highest BCUT2D eigenvalue weighted by Gasteiger charge is 2.24. The van der Waals surface area contributed by atoms with Gasteiger partial charge in [0.05, 0.1) is 0 Å². The molecule has 2 aliphatic heterocycles. The summed E-state index contributed by atoms with van der Waals surface area (Å²) in [5, 5.41) is 4.31. The van der Waals surface area contributed by atoms with Gasteiger partial charge in [0.1, 0.15) is 0 Å². The molecule has 1 atom stereocenters. The lowest BCUT2D eigenvalue weighted by atomic mass is 10.1. The minimum absolute atomic E-state index is 0. The highest BCUT2D eigenvalue weighted by molar-refractivity contribution is 14.0. The molecule has 0 bridgehead atoms. The van der Waals surface area contributed by atoms with E-state index >= 15 is 0 Å². The molecule has 1 N–H and O–H groups in total. The first-order valence-corrected chi connectivity index (χ1v) is 10.2. The van der Waals surface area contributed by atoms with E-state index in [1.54, 1.807) is 0 Å². The third-order valence-electron chi connectivity index (χ3n) is 4.97. The number of likely N-dealkylation sites (N-methyl/N-ethyl adjacent to an activating group) is 1. The second-order valence-corrected chi connectivity index (χ2v) is 8.20. The van der Waals surface area contributed by atoms with Crippen LogP contribution in [0.25, 0.3) is 0 Å². The number of aliphatic imine (C=N–C) groups is 1. The van der Waals surface area contributed by atoms with Crippen molar-refractivity contribution in [3.8, 4) is 0 Å². The van der Waals surface area contributed by atoms with E-state index in [1.807, 2.05) is 7.05 Å². The van der Waals surface area contributed by atoms with Crippen LogP contribution in [-0.2, 0) is 0 Å². The number of piperazine rings is 1. The van der Waals surface area contributed by atoms with E-state index in [0.29, 0.717) is 0 Å². The summed E-state index contributed by atoms with van der Waals surface area (Å²) in [4.78, 5) is 12.0. The topological polar surface area (TPSA) is 34.1 Å². The summed E-state index contributed by atoms with van der Waals surface area (Å²) in [6.45, 7) is 17.3. The Hall–Kier alpha value is 0.270. The largest absolute Gasteiger partial charge is 0.355 e. The molecule has 0 saturated carbocycles. The highest BCUT2D eigenvalue weighted by Crippen LogP contribution is 2.24. The average molecular weight is 469 g/mol. The molecule has 24 heavy (non-hydrogen) atoms. The van der Waals surface area contributed by atoms with Crippen molar-refractivity contribution in [1.29, 1.82) is 0 Å². The predicted octanol–water partition coefficient (Wildman–Crippen LogP) is 1.89. The minimum atomic E-state index is 0. The molecule has 2 rings (SSSR count). The third kappa shape index (κ3) is 6.88. The Morgan fingerprint density at radius 2 is 1.83 bits per heavy atom. The molecule has 0 aromatic rings. The lowest BCUT2D eigenvalue weighted by Gasteiger charge is -2.37. The van der Waals surface area contributed by atoms with Gasteiger partial charge in [-0.3, -0.25) is 9.89 Å². The number of hydrogen-bond acceptors (Lipinski definition) is 4. The Labute approximate surface area is 170 Å². The molecular weight excluding hydrogens is 433 g/mol. The molecule has 0 amide bonds. The number of hydrogen-bond donors (Lipinski definition) is 1. The molecule has 0 radical (unpaired) electrons. The van der Waals surface area contributed by atoms with Gasteiger partial charge < -0.3 is 15.1 Å². The maximum Gasteiger partial charge on any atom is 0.193 e. The predicted molar refractivity (Wildman–Crippen MR) is 118 cm³/mol. The van der Waals surface area contributed by atoms with Gasteiger partial charge in [-0.15, -0.1) is 24.0 Å². The lowest BCUT2D eigenvalue weighted by molar-refractivity contribution is 0.139. The zero-order valence-electron chi connectivity index (χ0n) is 15.8. The second-order valence-electron chi connectivity index (χ2n) is 6.85. The van der Waals surface area contributed by atoms with E-state index in [4.69, 9.17) is 0 Å². The van der Waals surface area contributed by atoms with Crippen LogP contribution in [0.2, 0.25) is 0 Å². The fourth-order valence-corrected chi connectivity index (χ4v) is 4.56. The fraction of sp³-hybridized carbons (Fsp3) is 0.941. The zero-order valence-corrected chi connectivity index (χ0v) is 19.0. The maximum absolute atomic E-state index is 4.51. The molecule has 0 aromatic carbocycles. The van der Waals surface area contributed by atoms with E-state index in [9.17, 15) is 0 Å². The van der Waals surface area contributed by atoms with Crippen LogP contribution in [0.3, 0.4) is 0 Å². The van der Waals surface area contributed by atoms with Crippen LogP contribution in [-0.4, -0.2) is 97.6 Å². The van der Waals surface area contributed by atoms with Crippen LogP contribution in [0.1, 0.15) is 20.8 Å². The Morgan fingerprint density at radius 3 is 2.42 bits per heavy atom. The van der Waals surface area contributed by atoms with Gasteiger partial charge in [-0.05, 0) is 12.5 Å². The quantitative estimate of drug-likeness (QED) is 0.378. The van der Waals surface area contributed by atoms with Crippen LogP contribution in [0, 0.1) is 5.92 Å². The van der Waals surface area contributed by atoms with Crippen molar-refractivity contribution < 1.29 is 0 Å². The van der Waals surface area contributed by atoms with Gasteiger partial charge in [0, 0.05) is 70.4 Å². The summed E-state index contributed by atoms with van der Waals surface area (Å²) in [6.07, 6.45) is 0. The average Bonchev–Trinajstić information content (AvgIpc) is 2.59. The molecule has 2 heterocycles. The summed E-state index contributed by atoms with van der Waals surface area (Å²) in [5.74, 6) is 3.03. The van der Waals surface area contributed by atoms with E-state index in [-0.39, 0.29) is 24.0 Å². The Kier molecular flexibility index (Phi) is 11.0. The molecular formula is C17H36IN5S. The Balaban J connectivity index is 0.00000288. The number of nitrogens with zero attached hydrogens (tertiary/aromatic N) is 4. The summed E-state index contributed by atoms with van der Waals surface area (Å²) < 4.78 is 0. The van der Waals surface area contributed by atoms with E-state index in [0.717, 1.165) is 43.3 Å². The fourth-order valence-electron chi connectivity index (χ4n) is 3.26. The van der Waals surface area contributed by atoms with E-state index in [2.05, 4.69) is 57.5 Å². The van der Waals surface area contributed by atoms with Crippen molar-refractivity contribution in [1.82, 2.24) is 20.0 Å². The molecule has 7 heteroatoms. The number of halogens is 1. The van der Waals surface area contributed by atoms with Crippen molar-refractivity contribution >= 4 is 41.7 Å². The first kappa shape index (κ1) is 22.3. The first-order valence-electron chi connectivity index (χ1n) is 9.16. The number of rotatable bonds is 5. The van der Waals surface area contributed by atoms with E-state index in [1.165, 1.54) is 38.5 Å². The first-order chi connectivity index (χ1) is 11.1. The SMILES string of the molecule is CCN1CCN(CCNC(=NC)N2CCSC(C(C)C)C2)CC1.I. The van der Waals surface area contributed by atoms with Crippen molar-refractivity contribution in [2.24, 2.45) is 10.9 Å². The summed E-state index contributed by atoms with van der Waals surface area (Å²) in [5.41, 5.74) is 0. The van der Waals surface area contributed by atoms with Gasteiger partial charge in [0.2, 0.25) is 0 Å². The van der Waals surface area contributed by atoms with Gasteiger partial charge in [-0.1, -0.05) is 20.8 Å². The smallest absolute Gasteiger partial charge is 0.193 e. The summed E-state index contributed by atoms with van der Waals surface area (Å²) in [7, 11) is 1.91. The molecule has 2 fully saturated rings. The standard InChI is InChI=1S/C17H35N5S.HI/c1-5-20-8-10-21(11-9-20)7-6-19-17(18-4)22-12-13-23-16(14-22)15(2)3;/h15-16H,5-14H2,1-4H3,(H,18,19);1H. The van der Waals surface area contributed by atoms with Crippen LogP contribution >= 0.6 is 35.7 Å². The van der Waals surface area contributed by atoms with Crippen LogP contribution < -0.4 is 5.32 Å². The molecule has 2 saturated heterocycles. The summed E-state index contributed by atoms with van der Waals surface area (Å²) in [6, 6.07) is 0. The van der Waals surface area contributed by atoms with Gasteiger partial charge in [0.25, 0.3) is 0 Å². The maximum atomic E-state index is 4.51. The lowest BCUT2D eigenvalue weighted by Crippen LogP contribution is -2.51. The zero-order chi connectivity index (χ0) is 16.7. The highest BCUT2D eigenvalue weighted by atomic mass is 127. The molecule has 0 aromatic heterocycles. The number of thioether (sulfide) groups is 1. The van der Waals surface area contributed by atoms with Crippen LogP contribution in [0.5, 0.6) is 0 Å². The number of guanidine groups is 1. The van der Waals surface area contributed by atoms with Crippen molar-refractivity contribution in [2.75, 3.05) is 71.7 Å². The van der Waals surface area contributed by atoms with Crippen LogP contribution in [0.15, 0.2) is 4.99 Å². The molecule has 1 unspecified atom stereocenters. The molecule has 0 aliphatic carbocycles. The molecule has 0 spiro atoms. The summed E-state index contributed by atoms with van der Waals surface area (Å²) >= 11 is 2.11. The molecule has 5 nitrogen and oxygen atoms in total. The minimum Gasteiger partial charge on any atom is -0.355 e. The van der Waals surface area contributed by atoms with Gasteiger partial charge in [-0.25, -0.2) is 0 Å². The molecule has 142 valence electrons. The second kappa shape index (κ2) is 11.8. The normalized spacial score (nSPS) is 24.1. The van der Waals surface area contributed by atoms with Gasteiger partial charge in [-0.2, -0.15) is 11.8 Å². The van der Waals surface area contributed by atoms with Crippen molar-refractivity contribution in [2.45, 2.75) is 26.0 Å². The monoisotopic (exact) mass is 469 g/mol. The van der Waals surface area contributed by atoms with E-state index < -0.39 is 0 Å². The van der Waals surface area contributed by atoms with Gasteiger partial charge >= 0.3 is 0 Å². The number of nitrogens with one attached hydrogen (secondary N) is 1. The van der Waals surface area contributed by atoms with Crippen molar-refractivity contribution in [3.63, 3.8) is 0 Å². The molecule has 2 aliphatic rings. The van der Waals surface area contributed by atoms with Crippen molar-refractivity contribution in [3.05, 3.63) is 0 Å². The third-order valence-corrected chi connectivity index (χ3v) is 6.51. The van der Waals surface area contributed by atoms with Gasteiger partial charge in [0.15, 0.2) is 5.96 Å². The Bertz CT molecular complexity index is 372. The Morgan fingerprint density at radius 1 is 1.17 bits per heavy atom. The van der Waals surface area contributed by atoms with Crippen LogP contribution in [0.4, 0.5) is 0 Å².